The third kappa shape index (κ3) is 2.89. The van der Waals surface area contributed by atoms with Gasteiger partial charge < -0.3 is 10.4 Å². The number of anilines is 1. The fraction of sp³-hybridized carbons (Fsp3) is 0.133. The largest absolute Gasteiger partial charge is 0.507 e. The van der Waals surface area contributed by atoms with Crippen LogP contribution in [0, 0.1) is 17.4 Å². The number of benzene rings is 2. The topological polar surface area (TPSA) is 49.3 Å². The molecule has 2 N–H and O–H groups in total. The van der Waals surface area contributed by atoms with Crippen LogP contribution in [0.5, 0.6) is 5.75 Å². The van der Waals surface area contributed by atoms with E-state index < -0.39 is 0 Å². The summed E-state index contributed by atoms with van der Waals surface area (Å²) in [5.74, 6) is 0.0527. The van der Waals surface area contributed by atoms with Crippen LogP contribution < -0.4 is 5.32 Å². The minimum atomic E-state index is -0.170. The van der Waals surface area contributed by atoms with E-state index >= 15 is 0 Å². The number of carbonyl (C=O) groups is 1. The summed E-state index contributed by atoms with van der Waals surface area (Å²) in [4.78, 5) is 12.2. The Labute approximate surface area is 125 Å². The van der Waals surface area contributed by atoms with Crippen LogP contribution in [0.15, 0.2) is 36.4 Å². The van der Waals surface area contributed by atoms with Crippen molar-refractivity contribution in [3.05, 3.63) is 56.7 Å². The summed E-state index contributed by atoms with van der Waals surface area (Å²) in [5.41, 5.74) is 2.74. The van der Waals surface area contributed by atoms with Gasteiger partial charge in [-0.3, -0.25) is 4.79 Å². The fourth-order valence-corrected chi connectivity index (χ4v) is 2.44. The lowest BCUT2D eigenvalue weighted by atomic mass is 10.1. The number of aryl methyl sites for hydroxylation is 1. The van der Waals surface area contributed by atoms with E-state index in [-0.39, 0.29) is 11.7 Å². The van der Waals surface area contributed by atoms with Crippen LogP contribution in [-0.2, 0) is 0 Å². The van der Waals surface area contributed by atoms with Crippen molar-refractivity contribution < 1.29 is 9.90 Å². The van der Waals surface area contributed by atoms with E-state index in [1.807, 2.05) is 25.1 Å². The molecule has 0 aromatic heterocycles. The van der Waals surface area contributed by atoms with Crippen molar-refractivity contribution in [3.8, 4) is 5.75 Å². The molecule has 0 aliphatic heterocycles. The first-order valence-corrected chi connectivity index (χ1v) is 6.93. The summed E-state index contributed by atoms with van der Waals surface area (Å²) in [5, 5.41) is 12.7. The number of aromatic hydroxyl groups is 1. The summed E-state index contributed by atoms with van der Waals surface area (Å²) in [6.45, 7) is 3.61. The van der Waals surface area contributed by atoms with Gasteiger partial charge in [-0.15, -0.1) is 0 Å². The van der Waals surface area contributed by atoms with Crippen molar-refractivity contribution in [1.29, 1.82) is 0 Å². The molecule has 2 rings (SSSR count). The van der Waals surface area contributed by atoms with Crippen LogP contribution in [0.4, 0.5) is 5.69 Å². The molecule has 0 radical (unpaired) electrons. The predicted octanol–water partition coefficient (Wildman–Crippen LogP) is 3.87. The Hall–Kier alpha value is -1.56. The molecule has 4 heteroatoms. The second-order valence-electron chi connectivity index (χ2n) is 4.34. The van der Waals surface area contributed by atoms with Crippen LogP contribution in [-0.4, -0.2) is 11.0 Å². The summed E-state index contributed by atoms with van der Waals surface area (Å²) in [6.07, 6.45) is 0. The van der Waals surface area contributed by atoms with E-state index in [0.717, 1.165) is 9.13 Å². The van der Waals surface area contributed by atoms with Gasteiger partial charge in [0.25, 0.3) is 5.91 Å². The number of amides is 1. The van der Waals surface area contributed by atoms with Gasteiger partial charge in [0.05, 0.1) is 5.56 Å². The molecule has 0 aliphatic rings. The second kappa shape index (κ2) is 5.61. The number of rotatable bonds is 2. The number of carbonyl (C=O) groups excluding carboxylic acids is 1. The number of phenolic OH excluding ortho intramolecular Hbond substituents is 1. The van der Waals surface area contributed by atoms with Crippen molar-refractivity contribution in [3.63, 3.8) is 0 Å². The molecule has 0 spiro atoms. The number of halogens is 1. The van der Waals surface area contributed by atoms with Gasteiger partial charge in [0, 0.05) is 14.8 Å². The summed E-state index contributed by atoms with van der Waals surface area (Å²) < 4.78 is 0.895. The van der Waals surface area contributed by atoms with E-state index in [1.165, 1.54) is 0 Å². The van der Waals surface area contributed by atoms with E-state index in [4.69, 9.17) is 0 Å². The predicted molar refractivity (Wildman–Crippen MR) is 84.7 cm³/mol. The first-order valence-electron chi connectivity index (χ1n) is 5.85. The number of hydrogen-bond acceptors (Lipinski definition) is 2. The Morgan fingerprint density at radius 2 is 1.84 bits per heavy atom. The van der Waals surface area contributed by atoms with Gasteiger partial charge in [0.1, 0.15) is 5.75 Å². The minimum absolute atomic E-state index is 0.170. The lowest BCUT2D eigenvalue weighted by Crippen LogP contribution is -2.14. The monoisotopic (exact) mass is 367 g/mol. The molecule has 0 saturated heterocycles. The molecule has 0 unspecified atom stereocenters. The Morgan fingerprint density at radius 1 is 1.16 bits per heavy atom. The van der Waals surface area contributed by atoms with Crippen LogP contribution in [0.1, 0.15) is 21.5 Å². The Balaban J connectivity index is 2.30. The molecule has 0 saturated carbocycles. The molecule has 2 aromatic carbocycles. The van der Waals surface area contributed by atoms with Crippen molar-refractivity contribution in [2.24, 2.45) is 0 Å². The van der Waals surface area contributed by atoms with E-state index in [1.54, 1.807) is 25.1 Å². The van der Waals surface area contributed by atoms with Crippen LogP contribution >= 0.6 is 22.6 Å². The standard InChI is InChI=1S/C15H14INO2/c1-9-7-8-13(10(2)14(9)18)17-15(19)11-5-3-4-6-12(11)16/h3-8,18H,1-2H3,(H,17,19). The van der Waals surface area contributed by atoms with Crippen molar-refractivity contribution in [2.75, 3.05) is 5.32 Å². The highest BCUT2D eigenvalue weighted by Gasteiger charge is 2.12. The Bertz CT molecular complexity index is 638. The van der Waals surface area contributed by atoms with E-state index in [0.29, 0.717) is 16.8 Å². The molecule has 0 bridgehead atoms. The Kier molecular flexibility index (Phi) is 4.09. The van der Waals surface area contributed by atoms with Crippen LogP contribution in [0.25, 0.3) is 0 Å². The van der Waals surface area contributed by atoms with Gasteiger partial charge in [-0.2, -0.15) is 0 Å². The van der Waals surface area contributed by atoms with Gasteiger partial charge in [0.2, 0.25) is 0 Å². The van der Waals surface area contributed by atoms with Crippen molar-refractivity contribution >= 4 is 34.2 Å². The van der Waals surface area contributed by atoms with Crippen molar-refractivity contribution in [1.82, 2.24) is 0 Å². The highest BCUT2D eigenvalue weighted by atomic mass is 127. The van der Waals surface area contributed by atoms with Gasteiger partial charge in [-0.25, -0.2) is 0 Å². The smallest absolute Gasteiger partial charge is 0.256 e. The summed E-state index contributed by atoms with van der Waals surface area (Å²) in [6, 6.07) is 11.0. The third-order valence-corrected chi connectivity index (χ3v) is 3.94. The van der Waals surface area contributed by atoms with Gasteiger partial charge in [-0.1, -0.05) is 18.2 Å². The first-order chi connectivity index (χ1) is 9.00. The van der Waals surface area contributed by atoms with Gasteiger partial charge in [-0.05, 0) is 60.2 Å². The first kappa shape index (κ1) is 13.9. The normalized spacial score (nSPS) is 10.3. The van der Waals surface area contributed by atoms with Gasteiger partial charge >= 0.3 is 0 Å². The lowest BCUT2D eigenvalue weighted by molar-refractivity contribution is 0.102. The molecule has 19 heavy (non-hydrogen) atoms. The highest BCUT2D eigenvalue weighted by molar-refractivity contribution is 14.1. The van der Waals surface area contributed by atoms with E-state index in [2.05, 4.69) is 27.9 Å². The third-order valence-electron chi connectivity index (χ3n) is 3.00. The lowest BCUT2D eigenvalue weighted by Gasteiger charge is -2.12. The molecule has 1 amide bonds. The van der Waals surface area contributed by atoms with Crippen LogP contribution in [0.2, 0.25) is 0 Å². The maximum absolute atomic E-state index is 12.2. The molecule has 0 atom stereocenters. The van der Waals surface area contributed by atoms with Gasteiger partial charge in [0.15, 0.2) is 0 Å². The maximum Gasteiger partial charge on any atom is 0.256 e. The molecule has 0 fully saturated rings. The summed E-state index contributed by atoms with van der Waals surface area (Å²) >= 11 is 2.13. The molecular weight excluding hydrogens is 353 g/mol. The SMILES string of the molecule is Cc1ccc(NC(=O)c2ccccc2I)c(C)c1O. The molecule has 0 heterocycles. The fourth-order valence-electron chi connectivity index (χ4n) is 1.81. The quantitative estimate of drug-likeness (QED) is 0.792. The Morgan fingerprint density at radius 3 is 2.53 bits per heavy atom. The van der Waals surface area contributed by atoms with E-state index in [9.17, 15) is 9.90 Å². The average molecular weight is 367 g/mol. The van der Waals surface area contributed by atoms with Crippen molar-refractivity contribution in [2.45, 2.75) is 13.8 Å². The zero-order chi connectivity index (χ0) is 14.0. The maximum atomic E-state index is 12.2. The summed E-state index contributed by atoms with van der Waals surface area (Å²) in [7, 11) is 0. The zero-order valence-corrected chi connectivity index (χ0v) is 12.9. The second-order valence-corrected chi connectivity index (χ2v) is 5.50. The van der Waals surface area contributed by atoms with Crippen LogP contribution in [0.3, 0.4) is 0 Å². The zero-order valence-electron chi connectivity index (χ0n) is 10.7. The highest BCUT2D eigenvalue weighted by Crippen LogP contribution is 2.28. The number of nitrogens with one attached hydrogen (secondary N) is 1. The number of hydrogen-bond donors (Lipinski definition) is 2. The molecule has 0 aliphatic carbocycles. The molecule has 2 aromatic rings. The molecular formula is C15H14INO2. The minimum Gasteiger partial charge on any atom is -0.507 e. The molecule has 98 valence electrons. The average Bonchev–Trinajstić information content (AvgIpc) is 2.40. The molecule has 3 nitrogen and oxygen atoms in total. The number of phenols is 1.